The first-order valence-electron chi connectivity index (χ1n) is 5.37. The Balaban J connectivity index is 1.80. The number of ether oxygens (including phenoxy) is 2. The van der Waals surface area contributed by atoms with Crippen LogP contribution < -0.4 is 0 Å². The lowest BCUT2D eigenvalue weighted by Crippen LogP contribution is -2.34. The van der Waals surface area contributed by atoms with Crippen LogP contribution in [-0.4, -0.2) is 23.8 Å². The molecule has 1 saturated heterocycles. The van der Waals surface area contributed by atoms with Gasteiger partial charge in [-0.1, -0.05) is 6.42 Å². The monoisotopic (exact) mass is 194 g/mol. The Kier molecular flexibility index (Phi) is 1.79. The van der Waals surface area contributed by atoms with Crippen LogP contribution in [0.1, 0.15) is 32.1 Å². The standard InChI is InChI=1S/C11H14O3/c12-8-4-5-9-10(8)14-11(13-9)6-2-1-3-7-11/h4-5,9-10H,1-3,6-7H2/t9-,10-/m0/s1. The first-order chi connectivity index (χ1) is 6.79. The number of ketones is 1. The van der Waals surface area contributed by atoms with Crippen molar-refractivity contribution in [1.29, 1.82) is 0 Å². The molecule has 1 spiro atoms. The Morgan fingerprint density at radius 2 is 2.00 bits per heavy atom. The summed E-state index contributed by atoms with van der Waals surface area (Å²) in [7, 11) is 0. The number of carbonyl (C=O) groups excluding carboxylic acids is 1. The summed E-state index contributed by atoms with van der Waals surface area (Å²) in [6.45, 7) is 0. The fraction of sp³-hybridized carbons (Fsp3) is 0.727. The van der Waals surface area contributed by atoms with E-state index in [9.17, 15) is 4.79 Å². The van der Waals surface area contributed by atoms with E-state index in [2.05, 4.69) is 0 Å². The van der Waals surface area contributed by atoms with Crippen LogP contribution in [0.15, 0.2) is 12.2 Å². The smallest absolute Gasteiger partial charge is 0.187 e. The van der Waals surface area contributed by atoms with Gasteiger partial charge in [-0.05, 0) is 25.0 Å². The number of hydrogen-bond donors (Lipinski definition) is 0. The fourth-order valence-electron chi connectivity index (χ4n) is 2.61. The van der Waals surface area contributed by atoms with Crippen LogP contribution in [0.25, 0.3) is 0 Å². The molecule has 0 N–H and O–H groups in total. The van der Waals surface area contributed by atoms with Gasteiger partial charge in [0.15, 0.2) is 17.7 Å². The quantitative estimate of drug-likeness (QED) is 0.587. The van der Waals surface area contributed by atoms with Crippen molar-refractivity contribution in [3.05, 3.63) is 12.2 Å². The molecule has 0 radical (unpaired) electrons. The largest absolute Gasteiger partial charge is 0.339 e. The lowest BCUT2D eigenvalue weighted by Gasteiger charge is -2.31. The van der Waals surface area contributed by atoms with Gasteiger partial charge in [-0.2, -0.15) is 0 Å². The van der Waals surface area contributed by atoms with Gasteiger partial charge in [0.05, 0.1) is 0 Å². The zero-order chi connectivity index (χ0) is 9.60. The Morgan fingerprint density at radius 3 is 2.71 bits per heavy atom. The molecule has 0 bridgehead atoms. The SMILES string of the molecule is O=C1C=C[C@@H]2OC3(CCCCC3)O[C@@H]12. The molecule has 1 aliphatic heterocycles. The zero-order valence-electron chi connectivity index (χ0n) is 8.07. The number of carbonyl (C=O) groups is 1. The molecule has 0 aromatic heterocycles. The van der Waals surface area contributed by atoms with Crippen LogP contribution in [0.3, 0.4) is 0 Å². The third-order valence-corrected chi connectivity index (χ3v) is 3.34. The van der Waals surface area contributed by atoms with E-state index in [0.717, 1.165) is 25.7 Å². The molecule has 3 rings (SSSR count). The molecule has 0 amide bonds. The summed E-state index contributed by atoms with van der Waals surface area (Å²) in [6, 6.07) is 0. The van der Waals surface area contributed by atoms with Gasteiger partial charge in [0.2, 0.25) is 0 Å². The van der Waals surface area contributed by atoms with Crippen molar-refractivity contribution >= 4 is 5.78 Å². The van der Waals surface area contributed by atoms with E-state index >= 15 is 0 Å². The van der Waals surface area contributed by atoms with E-state index in [-0.39, 0.29) is 18.0 Å². The molecule has 2 atom stereocenters. The lowest BCUT2D eigenvalue weighted by atomic mass is 9.94. The van der Waals surface area contributed by atoms with Crippen LogP contribution in [0, 0.1) is 0 Å². The Hall–Kier alpha value is -0.670. The predicted octanol–water partition coefficient (Wildman–Crippen LogP) is 1.57. The highest BCUT2D eigenvalue weighted by Gasteiger charge is 2.51. The van der Waals surface area contributed by atoms with Crippen molar-refractivity contribution in [2.45, 2.75) is 50.1 Å². The van der Waals surface area contributed by atoms with Crippen molar-refractivity contribution in [2.24, 2.45) is 0 Å². The highest BCUT2D eigenvalue weighted by molar-refractivity contribution is 5.97. The average molecular weight is 194 g/mol. The van der Waals surface area contributed by atoms with Gasteiger partial charge in [-0.25, -0.2) is 0 Å². The maximum Gasteiger partial charge on any atom is 0.187 e. The summed E-state index contributed by atoms with van der Waals surface area (Å²) in [5, 5.41) is 0. The molecular formula is C11H14O3. The number of fused-ring (bicyclic) bond motifs is 1. The van der Waals surface area contributed by atoms with Gasteiger partial charge in [-0.15, -0.1) is 0 Å². The van der Waals surface area contributed by atoms with Crippen molar-refractivity contribution in [2.75, 3.05) is 0 Å². The summed E-state index contributed by atoms with van der Waals surface area (Å²) in [5.41, 5.74) is 0. The van der Waals surface area contributed by atoms with Crippen LogP contribution in [0.5, 0.6) is 0 Å². The van der Waals surface area contributed by atoms with Crippen LogP contribution >= 0.6 is 0 Å². The lowest BCUT2D eigenvalue weighted by molar-refractivity contribution is -0.192. The second kappa shape index (κ2) is 2.91. The van der Waals surface area contributed by atoms with E-state index in [1.54, 1.807) is 6.08 Å². The molecule has 76 valence electrons. The number of rotatable bonds is 0. The third-order valence-electron chi connectivity index (χ3n) is 3.34. The normalized spacial score (nSPS) is 39.3. The second-order valence-electron chi connectivity index (χ2n) is 4.35. The molecular weight excluding hydrogens is 180 g/mol. The van der Waals surface area contributed by atoms with E-state index in [4.69, 9.17) is 9.47 Å². The Bertz CT molecular complexity index is 289. The van der Waals surface area contributed by atoms with Crippen molar-refractivity contribution in [3.63, 3.8) is 0 Å². The third kappa shape index (κ3) is 1.16. The van der Waals surface area contributed by atoms with Crippen LogP contribution in [-0.2, 0) is 14.3 Å². The molecule has 0 unspecified atom stereocenters. The van der Waals surface area contributed by atoms with E-state index in [1.807, 2.05) is 6.08 Å². The fourth-order valence-corrected chi connectivity index (χ4v) is 2.61. The summed E-state index contributed by atoms with van der Waals surface area (Å²) in [6.07, 6.45) is 8.40. The minimum Gasteiger partial charge on any atom is -0.339 e. The number of hydrogen-bond acceptors (Lipinski definition) is 3. The maximum atomic E-state index is 11.4. The molecule has 14 heavy (non-hydrogen) atoms. The molecule has 2 fully saturated rings. The molecule has 2 aliphatic carbocycles. The van der Waals surface area contributed by atoms with Gasteiger partial charge in [0, 0.05) is 12.8 Å². The van der Waals surface area contributed by atoms with Gasteiger partial charge in [0.25, 0.3) is 0 Å². The van der Waals surface area contributed by atoms with Gasteiger partial charge in [-0.3, -0.25) is 4.79 Å². The van der Waals surface area contributed by atoms with Crippen molar-refractivity contribution in [3.8, 4) is 0 Å². The second-order valence-corrected chi connectivity index (χ2v) is 4.35. The predicted molar refractivity (Wildman–Crippen MR) is 49.7 cm³/mol. The molecule has 0 aromatic carbocycles. The first kappa shape index (κ1) is 8.62. The van der Waals surface area contributed by atoms with Crippen LogP contribution in [0.4, 0.5) is 0 Å². The van der Waals surface area contributed by atoms with Crippen molar-refractivity contribution < 1.29 is 14.3 Å². The molecule has 3 heteroatoms. The molecule has 1 saturated carbocycles. The molecule has 3 nitrogen and oxygen atoms in total. The average Bonchev–Trinajstić information content (AvgIpc) is 2.68. The Labute approximate surface area is 83.1 Å². The minimum absolute atomic E-state index is 0.0671. The Morgan fingerprint density at radius 1 is 1.21 bits per heavy atom. The topological polar surface area (TPSA) is 35.5 Å². The van der Waals surface area contributed by atoms with Gasteiger partial charge in [0.1, 0.15) is 6.10 Å². The highest BCUT2D eigenvalue weighted by atomic mass is 16.8. The van der Waals surface area contributed by atoms with E-state index in [0.29, 0.717) is 0 Å². The van der Waals surface area contributed by atoms with E-state index in [1.165, 1.54) is 6.42 Å². The molecule has 3 aliphatic rings. The first-order valence-corrected chi connectivity index (χ1v) is 5.37. The summed E-state index contributed by atoms with van der Waals surface area (Å²) in [4.78, 5) is 11.4. The van der Waals surface area contributed by atoms with E-state index < -0.39 is 5.79 Å². The van der Waals surface area contributed by atoms with Crippen LogP contribution in [0.2, 0.25) is 0 Å². The minimum atomic E-state index is -0.423. The highest BCUT2D eigenvalue weighted by Crippen LogP contribution is 2.42. The summed E-state index contributed by atoms with van der Waals surface area (Å²) in [5.74, 6) is -0.356. The summed E-state index contributed by atoms with van der Waals surface area (Å²) >= 11 is 0. The molecule has 1 heterocycles. The van der Waals surface area contributed by atoms with Gasteiger partial charge >= 0.3 is 0 Å². The van der Waals surface area contributed by atoms with Crippen molar-refractivity contribution in [1.82, 2.24) is 0 Å². The van der Waals surface area contributed by atoms with Gasteiger partial charge < -0.3 is 9.47 Å². The molecule has 0 aromatic rings. The zero-order valence-corrected chi connectivity index (χ0v) is 8.07. The maximum absolute atomic E-state index is 11.4. The summed E-state index contributed by atoms with van der Waals surface area (Å²) < 4.78 is 11.6.